The first-order valence-corrected chi connectivity index (χ1v) is 6.97. The first-order chi connectivity index (χ1) is 11.1. The lowest BCUT2D eigenvalue weighted by atomic mass is 10.2. The maximum atomic E-state index is 10.8. The van der Waals surface area contributed by atoms with Crippen molar-refractivity contribution < 1.29 is 14.6 Å². The Morgan fingerprint density at radius 1 is 1.17 bits per heavy atom. The van der Waals surface area contributed by atoms with E-state index in [0.717, 1.165) is 5.56 Å². The average molecular weight is 331 g/mol. The van der Waals surface area contributed by atoms with Crippen LogP contribution in [0.1, 0.15) is 15.9 Å². The van der Waals surface area contributed by atoms with Crippen molar-refractivity contribution in [2.24, 2.45) is 0 Å². The molecular weight excluding hydrogens is 320 g/mol. The third kappa shape index (κ3) is 3.64. The predicted molar refractivity (Wildman–Crippen MR) is 81.9 cm³/mol. The summed E-state index contributed by atoms with van der Waals surface area (Å²) in [5.74, 6) is -0.301. The molecule has 23 heavy (non-hydrogen) atoms. The Morgan fingerprint density at radius 2 is 1.87 bits per heavy atom. The maximum absolute atomic E-state index is 10.8. The summed E-state index contributed by atoms with van der Waals surface area (Å²) in [6.45, 7) is 0.366. The number of carboxylic acids is 1. The minimum absolute atomic E-state index is 0.0664. The molecule has 0 amide bonds. The summed E-state index contributed by atoms with van der Waals surface area (Å²) in [6, 6.07) is 7.32. The van der Waals surface area contributed by atoms with Crippen LogP contribution >= 0.6 is 11.6 Å². The highest BCUT2D eigenvalue weighted by atomic mass is 35.5. The van der Waals surface area contributed by atoms with E-state index >= 15 is 0 Å². The van der Waals surface area contributed by atoms with E-state index < -0.39 is 5.97 Å². The molecule has 1 aromatic carbocycles. The van der Waals surface area contributed by atoms with E-state index in [4.69, 9.17) is 21.4 Å². The highest BCUT2D eigenvalue weighted by molar-refractivity contribution is 6.30. The van der Waals surface area contributed by atoms with E-state index in [9.17, 15) is 4.79 Å². The number of carbonyl (C=O) groups is 1. The first-order valence-electron chi connectivity index (χ1n) is 6.59. The van der Waals surface area contributed by atoms with E-state index in [0.29, 0.717) is 17.4 Å². The molecule has 0 bridgehead atoms. The molecule has 0 atom stereocenters. The summed E-state index contributed by atoms with van der Waals surface area (Å²) in [7, 11) is 0. The number of nitrogens with zero attached hydrogens (tertiary/aromatic N) is 4. The van der Waals surface area contributed by atoms with Crippen molar-refractivity contribution in [1.29, 1.82) is 0 Å². The topological polar surface area (TPSA) is 90.1 Å². The van der Waals surface area contributed by atoms with Crippen molar-refractivity contribution >= 4 is 17.6 Å². The summed E-state index contributed by atoms with van der Waals surface area (Å²) >= 11 is 5.82. The zero-order valence-electron chi connectivity index (χ0n) is 11.8. The Labute approximate surface area is 136 Å². The second-order valence-corrected chi connectivity index (χ2v) is 5.05. The van der Waals surface area contributed by atoms with Crippen molar-refractivity contribution in [3.05, 3.63) is 65.2 Å². The molecule has 2 heterocycles. The summed E-state index contributed by atoms with van der Waals surface area (Å²) in [5, 5.41) is 13.4. The number of benzene rings is 1. The molecule has 0 aliphatic rings. The number of aromatic nitrogens is 4. The van der Waals surface area contributed by atoms with Crippen LogP contribution in [-0.2, 0) is 6.61 Å². The largest absolute Gasteiger partial charge is 0.486 e. The molecule has 0 saturated carbocycles. The van der Waals surface area contributed by atoms with Gasteiger partial charge in [0.25, 0.3) is 5.95 Å². The maximum Gasteiger partial charge on any atom is 0.338 e. The van der Waals surface area contributed by atoms with Gasteiger partial charge in [0.2, 0.25) is 0 Å². The molecule has 0 spiro atoms. The van der Waals surface area contributed by atoms with Gasteiger partial charge in [-0.1, -0.05) is 23.7 Å². The number of aromatic carboxylic acids is 1. The summed E-state index contributed by atoms with van der Waals surface area (Å²) < 4.78 is 6.86. The number of carboxylic acid groups (broad SMARTS) is 1. The molecule has 0 aliphatic heterocycles. The van der Waals surface area contributed by atoms with Crippen LogP contribution in [0.2, 0.25) is 5.02 Å². The highest BCUT2D eigenvalue weighted by Crippen LogP contribution is 2.14. The summed E-state index contributed by atoms with van der Waals surface area (Å²) in [5.41, 5.74) is 1.04. The molecule has 0 unspecified atom stereocenters. The molecule has 0 radical (unpaired) electrons. The van der Waals surface area contributed by atoms with E-state index in [1.54, 1.807) is 12.1 Å². The van der Waals surface area contributed by atoms with Crippen LogP contribution in [0.4, 0.5) is 0 Å². The van der Waals surface area contributed by atoms with Gasteiger partial charge in [-0.15, -0.1) is 0 Å². The Kier molecular flexibility index (Phi) is 4.20. The molecular formula is C15H11ClN4O3. The number of halogens is 1. The fraction of sp³-hybridized carbons (Fsp3) is 0.0667. The Hall–Kier alpha value is -2.93. The monoisotopic (exact) mass is 330 g/mol. The lowest BCUT2D eigenvalue weighted by molar-refractivity contribution is 0.0697. The molecule has 0 fully saturated rings. The molecule has 3 aromatic rings. The third-order valence-corrected chi connectivity index (χ3v) is 3.22. The van der Waals surface area contributed by atoms with Crippen LogP contribution in [0.15, 0.2) is 49.1 Å². The molecule has 1 N–H and O–H groups in total. The molecule has 8 heteroatoms. The predicted octanol–water partition coefficient (Wildman–Crippen LogP) is 2.59. The van der Waals surface area contributed by atoms with Gasteiger partial charge in [0, 0.05) is 11.2 Å². The molecule has 116 valence electrons. The number of ether oxygens (including phenoxy) is 1. The van der Waals surface area contributed by atoms with E-state index in [-0.39, 0.29) is 11.5 Å². The van der Waals surface area contributed by atoms with Crippen LogP contribution in [0.25, 0.3) is 5.95 Å². The molecule has 3 rings (SSSR count). The normalized spacial score (nSPS) is 10.5. The summed E-state index contributed by atoms with van der Waals surface area (Å²) in [4.78, 5) is 19.0. The van der Waals surface area contributed by atoms with Crippen LogP contribution in [-0.4, -0.2) is 30.8 Å². The zero-order valence-corrected chi connectivity index (χ0v) is 12.5. The fourth-order valence-corrected chi connectivity index (χ4v) is 1.92. The van der Waals surface area contributed by atoms with Crippen molar-refractivity contribution in [2.75, 3.05) is 0 Å². The quantitative estimate of drug-likeness (QED) is 0.773. The van der Waals surface area contributed by atoms with Crippen molar-refractivity contribution in [3.63, 3.8) is 0 Å². The average Bonchev–Trinajstić information content (AvgIpc) is 3.05. The van der Waals surface area contributed by atoms with Crippen LogP contribution < -0.4 is 4.74 Å². The minimum atomic E-state index is -1.06. The van der Waals surface area contributed by atoms with Gasteiger partial charge in [0.1, 0.15) is 6.61 Å². The number of hydrogen-bond donors (Lipinski definition) is 1. The van der Waals surface area contributed by atoms with Crippen molar-refractivity contribution in [1.82, 2.24) is 19.7 Å². The van der Waals surface area contributed by atoms with Crippen molar-refractivity contribution in [3.8, 4) is 11.7 Å². The van der Waals surface area contributed by atoms with Gasteiger partial charge in [0.05, 0.1) is 24.2 Å². The van der Waals surface area contributed by atoms with E-state index in [2.05, 4.69) is 15.1 Å². The zero-order chi connectivity index (χ0) is 16.2. The van der Waals surface area contributed by atoms with Crippen LogP contribution in [0.3, 0.4) is 0 Å². The number of hydrogen-bond acceptors (Lipinski definition) is 5. The van der Waals surface area contributed by atoms with Crippen LogP contribution in [0.5, 0.6) is 5.75 Å². The second-order valence-electron chi connectivity index (χ2n) is 4.61. The van der Waals surface area contributed by atoms with Gasteiger partial charge in [-0.25, -0.2) is 19.4 Å². The van der Waals surface area contributed by atoms with Gasteiger partial charge in [-0.3, -0.25) is 0 Å². The second kappa shape index (κ2) is 6.45. The minimum Gasteiger partial charge on any atom is -0.486 e. The van der Waals surface area contributed by atoms with Gasteiger partial charge >= 0.3 is 5.97 Å². The lowest BCUT2D eigenvalue weighted by Gasteiger charge is -2.06. The van der Waals surface area contributed by atoms with Gasteiger partial charge in [0.15, 0.2) is 5.75 Å². The Balaban J connectivity index is 1.66. The molecule has 7 nitrogen and oxygen atoms in total. The van der Waals surface area contributed by atoms with E-state index in [1.165, 1.54) is 29.5 Å². The Bertz CT molecular complexity index is 815. The van der Waals surface area contributed by atoms with Gasteiger partial charge < -0.3 is 9.84 Å². The first kappa shape index (κ1) is 15.0. The number of rotatable bonds is 5. The third-order valence-electron chi connectivity index (χ3n) is 2.97. The lowest BCUT2D eigenvalue weighted by Crippen LogP contribution is -2.03. The van der Waals surface area contributed by atoms with Crippen LogP contribution in [0, 0.1) is 0 Å². The fourth-order valence-electron chi connectivity index (χ4n) is 1.79. The summed E-state index contributed by atoms with van der Waals surface area (Å²) in [6.07, 6.45) is 5.57. The SMILES string of the molecule is O=C(O)c1cnn(-c2ncc(OCc3ccc(Cl)cc3)cn2)c1. The molecule has 2 aromatic heterocycles. The van der Waals surface area contributed by atoms with E-state index in [1.807, 2.05) is 12.1 Å². The highest BCUT2D eigenvalue weighted by Gasteiger charge is 2.09. The molecule has 0 saturated heterocycles. The standard InChI is InChI=1S/C15H11ClN4O3/c16-12-3-1-10(2-4-12)9-23-13-6-17-15(18-7-13)20-8-11(5-19-20)14(21)22/h1-8H,9H2,(H,21,22). The van der Waals surface area contributed by atoms with Gasteiger partial charge in [-0.2, -0.15) is 5.10 Å². The smallest absolute Gasteiger partial charge is 0.338 e. The van der Waals surface area contributed by atoms with Gasteiger partial charge in [-0.05, 0) is 17.7 Å². The molecule has 0 aliphatic carbocycles. The van der Waals surface area contributed by atoms with Crippen molar-refractivity contribution in [2.45, 2.75) is 6.61 Å². The Morgan fingerprint density at radius 3 is 2.48 bits per heavy atom.